The molecule has 1 aromatic heterocycles. The number of hydrogen-bond donors (Lipinski definition) is 0. The van der Waals surface area contributed by atoms with E-state index in [0.29, 0.717) is 16.4 Å². The SMILES string of the molecule is Fc1ccc(-n2c(Cl)nc(Cl)c2-c2ccc(Cl)cc2)c(Cl)c1. The predicted octanol–water partition coefficient (Wildman–Crippen LogP) is 6.29. The molecule has 2 aromatic carbocycles. The second kappa shape index (κ2) is 6.09. The van der Waals surface area contributed by atoms with Gasteiger partial charge in [-0.05, 0) is 41.9 Å². The van der Waals surface area contributed by atoms with Gasteiger partial charge in [0.2, 0.25) is 5.28 Å². The van der Waals surface area contributed by atoms with E-state index in [0.717, 1.165) is 5.56 Å². The van der Waals surface area contributed by atoms with E-state index in [1.165, 1.54) is 18.2 Å². The fraction of sp³-hybridized carbons (Fsp3) is 0. The lowest BCUT2D eigenvalue weighted by molar-refractivity contribution is 0.627. The van der Waals surface area contributed by atoms with Gasteiger partial charge in [0.1, 0.15) is 5.82 Å². The molecule has 2 nitrogen and oxygen atoms in total. The first-order chi connectivity index (χ1) is 10.5. The van der Waals surface area contributed by atoms with Crippen LogP contribution in [-0.4, -0.2) is 9.55 Å². The van der Waals surface area contributed by atoms with Crippen molar-refractivity contribution in [1.29, 1.82) is 0 Å². The molecule has 0 saturated carbocycles. The van der Waals surface area contributed by atoms with Crippen LogP contribution < -0.4 is 0 Å². The topological polar surface area (TPSA) is 17.8 Å². The molecule has 0 saturated heterocycles. The molecule has 0 bridgehead atoms. The summed E-state index contributed by atoms with van der Waals surface area (Å²) in [6, 6.07) is 11.0. The number of halogens is 5. The third kappa shape index (κ3) is 2.82. The van der Waals surface area contributed by atoms with Gasteiger partial charge in [-0.3, -0.25) is 4.57 Å². The van der Waals surface area contributed by atoms with Crippen LogP contribution in [0.5, 0.6) is 0 Å². The molecule has 0 fully saturated rings. The second-order valence-electron chi connectivity index (χ2n) is 4.46. The van der Waals surface area contributed by atoms with Gasteiger partial charge in [0.05, 0.1) is 16.4 Å². The van der Waals surface area contributed by atoms with Crippen LogP contribution in [-0.2, 0) is 0 Å². The highest BCUT2D eigenvalue weighted by Gasteiger charge is 2.19. The van der Waals surface area contributed by atoms with Gasteiger partial charge in [-0.2, -0.15) is 0 Å². The molecule has 0 amide bonds. The van der Waals surface area contributed by atoms with Gasteiger partial charge in [0, 0.05) is 10.6 Å². The lowest BCUT2D eigenvalue weighted by Gasteiger charge is -2.12. The molecule has 22 heavy (non-hydrogen) atoms. The zero-order valence-corrected chi connectivity index (χ0v) is 13.8. The predicted molar refractivity (Wildman–Crippen MR) is 89.0 cm³/mol. The van der Waals surface area contributed by atoms with Gasteiger partial charge in [-0.15, -0.1) is 0 Å². The standard InChI is InChI=1S/C15H7Cl4FN2/c16-9-3-1-8(2-4-9)13-14(18)21-15(19)22(13)12-6-5-10(20)7-11(12)17/h1-7H. The molecule has 3 aromatic rings. The van der Waals surface area contributed by atoms with E-state index in [1.54, 1.807) is 28.8 Å². The molecule has 0 unspecified atom stereocenters. The summed E-state index contributed by atoms with van der Waals surface area (Å²) in [5, 5.41) is 1.14. The first-order valence-corrected chi connectivity index (χ1v) is 7.63. The van der Waals surface area contributed by atoms with Crippen molar-refractivity contribution in [2.24, 2.45) is 0 Å². The van der Waals surface area contributed by atoms with Gasteiger partial charge in [-0.1, -0.05) is 46.9 Å². The maximum Gasteiger partial charge on any atom is 0.209 e. The fourth-order valence-corrected chi connectivity index (χ4v) is 3.06. The molecule has 112 valence electrons. The van der Waals surface area contributed by atoms with E-state index in [9.17, 15) is 4.39 Å². The normalized spacial score (nSPS) is 11.0. The van der Waals surface area contributed by atoms with Crippen LogP contribution in [0.1, 0.15) is 0 Å². The van der Waals surface area contributed by atoms with Gasteiger partial charge in [-0.25, -0.2) is 9.37 Å². The van der Waals surface area contributed by atoms with Crippen LogP contribution in [0.15, 0.2) is 42.5 Å². The van der Waals surface area contributed by atoms with Crippen molar-refractivity contribution in [1.82, 2.24) is 9.55 Å². The van der Waals surface area contributed by atoms with E-state index >= 15 is 0 Å². The summed E-state index contributed by atoms with van der Waals surface area (Å²) in [4.78, 5) is 4.06. The molecule has 0 aliphatic rings. The van der Waals surface area contributed by atoms with E-state index in [4.69, 9.17) is 46.4 Å². The molecule has 0 atom stereocenters. The monoisotopic (exact) mass is 374 g/mol. The molecule has 1 heterocycles. The van der Waals surface area contributed by atoms with Crippen molar-refractivity contribution in [2.45, 2.75) is 0 Å². The summed E-state index contributed by atoms with van der Waals surface area (Å²) < 4.78 is 14.8. The summed E-state index contributed by atoms with van der Waals surface area (Å²) in [6.45, 7) is 0. The highest BCUT2D eigenvalue weighted by Crippen LogP contribution is 2.36. The summed E-state index contributed by atoms with van der Waals surface area (Å²) >= 11 is 24.4. The van der Waals surface area contributed by atoms with Crippen LogP contribution in [0.2, 0.25) is 20.5 Å². The third-order valence-corrected chi connectivity index (χ3v) is 4.13. The second-order valence-corrected chi connectivity index (χ2v) is 6.00. The van der Waals surface area contributed by atoms with Crippen LogP contribution in [0.4, 0.5) is 4.39 Å². The van der Waals surface area contributed by atoms with E-state index in [-0.39, 0.29) is 15.5 Å². The Kier molecular flexibility index (Phi) is 4.33. The lowest BCUT2D eigenvalue weighted by Crippen LogP contribution is -1.99. The minimum absolute atomic E-state index is 0.128. The molecular weight excluding hydrogens is 369 g/mol. The number of benzene rings is 2. The number of nitrogens with zero attached hydrogens (tertiary/aromatic N) is 2. The van der Waals surface area contributed by atoms with Crippen LogP contribution in [0, 0.1) is 5.82 Å². The Labute approximate surface area is 146 Å². The first kappa shape index (κ1) is 15.6. The van der Waals surface area contributed by atoms with Gasteiger partial charge in [0.25, 0.3) is 0 Å². The minimum Gasteiger partial charge on any atom is -0.280 e. The Morgan fingerprint density at radius 1 is 0.909 bits per heavy atom. The molecule has 0 N–H and O–H groups in total. The average molecular weight is 376 g/mol. The van der Waals surface area contributed by atoms with E-state index in [2.05, 4.69) is 4.98 Å². The molecule has 7 heteroatoms. The third-order valence-electron chi connectivity index (χ3n) is 3.06. The molecule has 3 rings (SSSR count). The fourth-order valence-electron chi connectivity index (χ4n) is 2.11. The zero-order chi connectivity index (χ0) is 15.9. The summed E-state index contributed by atoms with van der Waals surface area (Å²) in [5.74, 6) is -0.441. The largest absolute Gasteiger partial charge is 0.280 e. The number of imidazole rings is 1. The molecular formula is C15H7Cl4FN2. The Balaban J connectivity index is 2.26. The van der Waals surface area contributed by atoms with Crippen molar-refractivity contribution >= 4 is 46.4 Å². The summed E-state index contributed by atoms with van der Waals surface area (Å²) in [6.07, 6.45) is 0. The molecule has 0 aliphatic heterocycles. The molecule has 0 spiro atoms. The van der Waals surface area contributed by atoms with Crippen LogP contribution in [0.25, 0.3) is 16.9 Å². The number of hydrogen-bond acceptors (Lipinski definition) is 1. The quantitative estimate of drug-likeness (QED) is 0.514. The molecule has 0 radical (unpaired) electrons. The van der Waals surface area contributed by atoms with E-state index in [1.807, 2.05) is 0 Å². The zero-order valence-electron chi connectivity index (χ0n) is 10.8. The van der Waals surface area contributed by atoms with Gasteiger partial charge < -0.3 is 0 Å². The minimum atomic E-state index is -0.441. The van der Waals surface area contributed by atoms with Crippen molar-refractivity contribution in [3.63, 3.8) is 0 Å². The van der Waals surface area contributed by atoms with E-state index < -0.39 is 5.82 Å². The van der Waals surface area contributed by atoms with Gasteiger partial charge in [0.15, 0.2) is 5.15 Å². The van der Waals surface area contributed by atoms with Crippen molar-refractivity contribution in [2.75, 3.05) is 0 Å². The maximum absolute atomic E-state index is 13.3. The Bertz CT molecular complexity index is 843. The van der Waals surface area contributed by atoms with Crippen molar-refractivity contribution in [3.8, 4) is 16.9 Å². The highest BCUT2D eigenvalue weighted by atomic mass is 35.5. The van der Waals surface area contributed by atoms with Crippen molar-refractivity contribution in [3.05, 3.63) is 68.8 Å². The highest BCUT2D eigenvalue weighted by molar-refractivity contribution is 6.36. The number of aromatic nitrogens is 2. The first-order valence-electron chi connectivity index (χ1n) is 6.12. The Morgan fingerprint density at radius 2 is 1.59 bits per heavy atom. The summed E-state index contributed by atoms with van der Waals surface area (Å²) in [5.41, 5.74) is 1.79. The van der Waals surface area contributed by atoms with Gasteiger partial charge >= 0.3 is 0 Å². The number of rotatable bonds is 2. The summed E-state index contributed by atoms with van der Waals surface area (Å²) in [7, 11) is 0. The Hall–Kier alpha value is -1.26. The van der Waals surface area contributed by atoms with Crippen molar-refractivity contribution < 1.29 is 4.39 Å². The van der Waals surface area contributed by atoms with Crippen LogP contribution in [0.3, 0.4) is 0 Å². The Morgan fingerprint density at radius 3 is 2.23 bits per heavy atom. The average Bonchev–Trinajstić information content (AvgIpc) is 2.75. The molecule has 0 aliphatic carbocycles. The smallest absolute Gasteiger partial charge is 0.209 e. The lowest BCUT2D eigenvalue weighted by atomic mass is 10.1. The maximum atomic E-state index is 13.3. The van der Waals surface area contributed by atoms with Crippen LogP contribution >= 0.6 is 46.4 Å².